The monoisotopic (exact) mass is 626 g/mol. The number of fused-ring (bicyclic) bond motifs is 3. The van der Waals surface area contributed by atoms with Crippen molar-refractivity contribution in [3.63, 3.8) is 0 Å². The van der Waals surface area contributed by atoms with Crippen LogP contribution in [0.2, 0.25) is 0 Å². The Morgan fingerprint density at radius 1 is 1.22 bits per heavy atom. The summed E-state index contributed by atoms with van der Waals surface area (Å²) >= 11 is 0. The van der Waals surface area contributed by atoms with Crippen LogP contribution in [0.15, 0.2) is 33.5 Å². The van der Waals surface area contributed by atoms with Crippen LogP contribution >= 0.6 is 0 Å². The van der Waals surface area contributed by atoms with Crippen LogP contribution < -0.4 is 15.3 Å². The fraction of sp³-hybridized carbons (Fsp3) is 0.406. The molecule has 3 fully saturated rings. The lowest BCUT2D eigenvalue weighted by Crippen LogP contribution is -2.56. The largest absolute Gasteiger partial charge is 0.508 e. The first-order valence-corrected chi connectivity index (χ1v) is 14.5. The van der Waals surface area contributed by atoms with Crippen LogP contribution in [-0.4, -0.2) is 70.1 Å². The summed E-state index contributed by atoms with van der Waals surface area (Å²) in [7, 11) is 0. The normalized spacial score (nSPS) is 23.4. The SMILES string of the molecule is C#Cc1c(F)ccc2cc(O)cc(-c3oc(=O)c4c(N5CC[C@@H]5C(F)(F)F)nc(OC[C@@]56CCCN5C[C@H](F)C6)nc4c3C)c12. The van der Waals surface area contributed by atoms with E-state index < -0.39 is 35.4 Å². The Balaban J connectivity index is 1.43. The molecule has 4 aromatic rings. The van der Waals surface area contributed by atoms with E-state index in [4.69, 9.17) is 15.6 Å². The van der Waals surface area contributed by atoms with Gasteiger partial charge in [-0.15, -0.1) is 6.42 Å². The minimum atomic E-state index is -4.59. The molecule has 0 unspecified atom stereocenters. The molecule has 1 N–H and O–H groups in total. The van der Waals surface area contributed by atoms with Gasteiger partial charge in [0, 0.05) is 36.0 Å². The number of terminal acetylenes is 1. The van der Waals surface area contributed by atoms with Crippen LogP contribution in [0.1, 0.15) is 36.8 Å². The number of halogens is 5. The van der Waals surface area contributed by atoms with Gasteiger partial charge in [-0.1, -0.05) is 12.0 Å². The molecule has 3 saturated heterocycles. The van der Waals surface area contributed by atoms with Gasteiger partial charge in [0.2, 0.25) is 0 Å². The summed E-state index contributed by atoms with van der Waals surface area (Å²) in [4.78, 5) is 25.4. The number of alkyl halides is 4. The number of phenolic OH excluding ortho intramolecular Hbond substituents is 1. The smallest absolute Gasteiger partial charge is 0.408 e. The highest BCUT2D eigenvalue weighted by Crippen LogP contribution is 2.43. The highest BCUT2D eigenvalue weighted by atomic mass is 19.4. The summed E-state index contributed by atoms with van der Waals surface area (Å²) in [5.74, 6) is 0.964. The second-order valence-corrected chi connectivity index (χ2v) is 12.0. The van der Waals surface area contributed by atoms with E-state index in [0.29, 0.717) is 18.4 Å². The van der Waals surface area contributed by atoms with E-state index in [-0.39, 0.29) is 88.9 Å². The van der Waals surface area contributed by atoms with Gasteiger partial charge in [0.25, 0.3) is 0 Å². The van der Waals surface area contributed by atoms with Crippen molar-refractivity contribution in [2.45, 2.75) is 56.5 Å². The third kappa shape index (κ3) is 4.65. The fourth-order valence-electron chi connectivity index (χ4n) is 7.12. The molecule has 3 atom stereocenters. The van der Waals surface area contributed by atoms with Crippen molar-refractivity contribution in [2.24, 2.45) is 0 Å². The summed E-state index contributed by atoms with van der Waals surface area (Å²) < 4.78 is 82.6. The highest BCUT2D eigenvalue weighted by Gasteiger charge is 2.51. The van der Waals surface area contributed by atoms with Gasteiger partial charge in [-0.2, -0.15) is 23.1 Å². The van der Waals surface area contributed by atoms with Gasteiger partial charge in [0.05, 0.1) is 16.6 Å². The van der Waals surface area contributed by atoms with Gasteiger partial charge in [-0.05, 0) is 56.3 Å². The molecule has 13 heteroatoms. The third-order valence-electron chi connectivity index (χ3n) is 9.31. The van der Waals surface area contributed by atoms with E-state index >= 15 is 0 Å². The van der Waals surface area contributed by atoms with Crippen molar-refractivity contribution in [1.82, 2.24) is 14.9 Å². The first-order valence-electron chi connectivity index (χ1n) is 14.5. The average molecular weight is 627 g/mol. The Kier molecular flexibility index (Phi) is 6.70. The minimum absolute atomic E-state index is 0.0103. The lowest BCUT2D eigenvalue weighted by Gasteiger charge is -2.42. The minimum Gasteiger partial charge on any atom is -0.508 e. The van der Waals surface area contributed by atoms with Gasteiger partial charge < -0.3 is 19.2 Å². The standard InChI is InChI=1S/C32H27F5N4O4/c1-3-20-22(34)6-5-17-11-19(42)12-21(24(17)20)27-16(2)26-25(29(43)45-27)28(41-10-7-23(41)32(35,36)37)39-30(38-26)44-15-31-8-4-9-40(31)14-18(33)13-31/h1,5-6,11-12,18,23,42H,4,7-10,13-15H2,2H3/t18-,23-,31+/m1/s1. The van der Waals surface area contributed by atoms with Crippen molar-refractivity contribution in [1.29, 1.82) is 0 Å². The molecule has 45 heavy (non-hydrogen) atoms. The zero-order chi connectivity index (χ0) is 31.8. The Hall–Kier alpha value is -4.44. The van der Waals surface area contributed by atoms with E-state index in [1.165, 1.54) is 25.1 Å². The first-order chi connectivity index (χ1) is 21.4. The molecule has 3 aliphatic heterocycles. The van der Waals surface area contributed by atoms with Crippen molar-refractivity contribution >= 4 is 27.5 Å². The van der Waals surface area contributed by atoms with Crippen molar-refractivity contribution in [2.75, 3.05) is 31.1 Å². The number of anilines is 1. The maximum absolute atomic E-state index is 14.8. The Bertz CT molecular complexity index is 1970. The summed E-state index contributed by atoms with van der Waals surface area (Å²) in [5.41, 5.74) is -1.50. The number of aromatic nitrogens is 2. The second-order valence-electron chi connectivity index (χ2n) is 12.0. The molecule has 2 aromatic carbocycles. The summed E-state index contributed by atoms with van der Waals surface area (Å²) in [6, 6.07) is 3.04. The molecule has 2 aromatic heterocycles. The number of phenols is 1. The molecule has 0 amide bonds. The number of benzene rings is 2. The molecule has 8 nitrogen and oxygen atoms in total. The van der Waals surface area contributed by atoms with Gasteiger partial charge >= 0.3 is 17.8 Å². The molecule has 0 bridgehead atoms. The summed E-state index contributed by atoms with van der Waals surface area (Å²) in [5, 5.41) is 10.8. The molecule has 7 rings (SSSR count). The Morgan fingerprint density at radius 2 is 2.02 bits per heavy atom. The average Bonchev–Trinajstić information content (AvgIpc) is 3.47. The number of aromatic hydroxyl groups is 1. The van der Waals surface area contributed by atoms with Crippen molar-refractivity contribution < 1.29 is 36.2 Å². The van der Waals surface area contributed by atoms with Gasteiger partial charge in [-0.3, -0.25) is 4.90 Å². The zero-order valence-corrected chi connectivity index (χ0v) is 24.0. The van der Waals surface area contributed by atoms with E-state index in [0.717, 1.165) is 17.4 Å². The summed E-state index contributed by atoms with van der Waals surface area (Å²) in [6.45, 7) is 2.49. The highest BCUT2D eigenvalue weighted by molar-refractivity contribution is 6.03. The Labute approximate surface area is 253 Å². The van der Waals surface area contributed by atoms with Crippen LogP contribution in [0, 0.1) is 25.1 Å². The molecule has 0 radical (unpaired) electrons. The van der Waals surface area contributed by atoms with E-state index in [1.807, 2.05) is 4.90 Å². The first kappa shape index (κ1) is 29.3. The number of nitrogens with zero attached hydrogens (tertiary/aromatic N) is 4. The van der Waals surface area contributed by atoms with Gasteiger partial charge in [0.1, 0.15) is 41.5 Å². The van der Waals surface area contributed by atoms with Crippen molar-refractivity contribution in [3.8, 4) is 35.4 Å². The second kappa shape index (κ2) is 10.3. The summed E-state index contributed by atoms with van der Waals surface area (Å²) in [6.07, 6.45) is 1.59. The number of hydrogen-bond donors (Lipinski definition) is 1. The van der Waals surface area contributed by atoms with E-state index in [1.54, 1.807) is 0 Å². The van der Waals surface area contributed by atoms with Gasteiger partial charge in [0.15, 0.2) is 5.82 Å². The zero-order valence-electron chi connectivity index (χ0n) is 24.0. The van der Waals surface area contributed by atoms with Crippen LogP contribution in [0.4, 0.5) is 27.8 Å². The maximum atomic E-state index is 14.8. The van der Waals surface area contributed by atoms with Crippen LogP contribution in [-0.2, 0) is 0 Å². The predicted octanol–water partition coefficient (Wildman–Crippen LogP) is 5.63. The van der Waals surface area contributed by atoms with Crippen molar-refractivity contribution in [3.05, 3.63) is 51.6 Å². The molecule has 0 aliphatic carbocycles. The van der Waals surface area contributed by atoms with Crippen LogP contribution in [0.5, 0.6) is 11.8 Å². The number of hydrogen-bond acceptors (Lipinski definition) is 8. The topological polar surface area (TPSA) is 91.9 Å². The third-order valence-corrected chi connectivity index (χ3v) is 9.31. The predicted molar refractivity (Wildman–Crippen MR) is 156 cm³/mol. The lowest BCUT2D eigenvalue weighted by atomic mass is 9.94. The Morgan fingerprint density at radius 3 is 2.73 bits per heavy atom. The molecule has 5 heterocycles. The van der Waals surface area contributed by atoms with Crippen LogP contribution in [0.3, 0.4) is 0 Å². The molecule has 0 saturated carbocycles. The van der Waals surface area contributed by atoms with E-state index in [9.17, 15) is 31.9 Å². The maximum Gasteiger partial charge on any atom is 0.408 e. The molecular formula is C32H27F5N4O4. The number of rotatable bonds is 5. The molecular weight excluding hydrogens is 599 g/mol. The van der Waals surface area contributed by atoms with E-state index in [2.05, 4.69) is 15.9 Å². The fourth-order valence-corrected chi connectivity index (χ4v) is 7.12. The number of ether oxygens (including phenoxy) is 1. The quantitative estimate of drug-likeness (QED) is 0.225. The molecule has 0 spiro atoms. The van der Waals surface area contributed by atoms with Gasteiger partial charge in [-0.25, -0.2) is 13.6 Å². The lowest BCUT2D eigenvalue weighted by molar-refractivity contribution is -0.159. The van der Waals surface area contributed by atoms with Crippen LogP contribution in [0.25, 0.3) is 33.0 Å². The molecule has 234 valence electrons. The number of aryl methyl sites for hydroxylation is 1. The molecule has 3 aliphatic rings.